The van der Waals surface area contributed by atoms with Crippen molar-refractivity contribution in [2.24, 2.45) is 12.0 Å². The van der Waals surface area contributed by atoms with Crippen LogP contribution < -0.4 is 0 Å². The van der Waals surface area contributed by atoms with Crippen molar-refractivity contribution >= 4 is 132 Å². The Morgan fingerprint density at radius 1 is 0.269 bits per heavy atom. The Kier molecular flexibility index (Phi) is 245. The number of fused-ring (bicyclic) bond motifs is 21. The van der Waals surface area contributed by atoms with E-state index >= 15 is 0 Å². The van der Waals surface area contributed by atoms with Gasteiger partial charge in [-0.3, -0.25) is 25.0 Å². The van der Waals surface area contributed by atoms with E-state index in [0.717, 1.165) is 56.4 Å². The number of hydrogen-bond donors (Lipinski definition) is 1. The number of aryl methyl sites for hydroxylation is 7. The number of nitrogens with zero attached hydrogens (tertiary/aromatic N) is 11. The molecule has 145 heavy (non-hydrogen) atoms. The van der Waals surface area contributed by atoms with Crippen LogP contribution in [0, 0.1) is 47.6 Å². The number of para-hydroxylation sites is 6. The minimum Gasteiger partial charge on any atom is -0.482 e. The molecule has 43 heteroatoms. The molecule has 687 valence electrons. The molecular formula is C102H124N12Y31-2. The van der Waals surface area contributed by atoms with Gasteiger partial charge in [0.1, 0.15) is 28.8 Å². The minimum absolute atomic E-state index is 0. The fourth-order valence-electron chi connectivity index (χ4n) is 12.3. The summed E-state index contributed by atoms with van der Waals surface area (Å²) in [6, 6.07) is 90.9. The second-order valence-electron chi connectivity index (χ2n) is 23.4. The summed E-state index contributed by atoms with van der Waals surface area (Å²) in [6.45, 7) is 49.7. The molecule has 0 aliphatic heterocycles. The summed E-state index contributed by atoms with van der Waals surface area (Å²) in [5.41, 5.74) is 17.1. The molecule has 8 heterocycles. The summed E-state index contributed by atoms with van der Waals surface area (Å²) in [6.07, 6.45) is 8.31. The molecule has 0 atom stereocenters. The van der Waals surface area contributed by atoms with Gasteiger partial charge >= 0.3 is 0 Å². The molecule has 12 nitrogen and oxygen atoms in total. The maximum atomic E-state index is 4.92. The molecule has 0 bridgehead atoms. The molecule has 0 amide bonds. The van der Waals surface area contributed by atoms with E-state index in [-0.39, 0.29) is 1010 Å². The second kappa shape index (κ2) is 149. The molecule has 0 spiro atoms. The first-order valence-electron chi connectivity index (χ1n) is 41.0. The van der Waals surface area contributed by atoms with Crippen LogP contribution in [-0.4, -0.2) is 59.7 Å². The molecule has 0 saturated heterocycles. The van der Waals surface area contributed by atoms with Crippen LogP contribution in [0.2, 0.25) is 0 Å². The molecule has 0 unspecified atom stereocenters. The fourth-order valence-corrected chi connectivity index (χ4v) is 12.3. The molecule has 19 aromatic rings. The van der Waals surface area contributed by atoms with E-state index in [1.807, 2.05) is 219 Å². The van der Waals surface area contributed by atoms with Crippen molar-refractivity contribution in [3.63, 3.8) is 0 Å². The first-order chi connectivity index (χ1) is 56.0. The third-order valence-corrected chi connectivity index (χ3v) is 16.8. The van der Waals surface area contributed by atoms with Crippen molar-refractivity contribution in [1.29, 1.82) is 0 Å². The monoisotopic (exact) mass is 4270 g/mol. The number of aromatic nitrogens is 11. The third kappa shape index (κ3) is 80.8. The van der Waals surface area contributed by atoms with Crippen molar-refractivity contribution < 1.29 is 1010 Å². The van der Waals surface area contributed by atoms with Crippen LogP contribution >= 0.6 is 0 Å². The Labute approximate surface area is 1650 Å². The second-order valence-corrected chi connectivity index (χ2v) is 23.4. The third-order valence-electron chi connectivity index (χ3n) is 16.8. The summed E-state index contributed by atoms with van der Waals surface area (Å²) in [5, 5.41) is 20.2. The van der Waals surface area contributed by atoms with Crippen molar-refractivity contribution in [2.45, 2.75) is 173 Å². The van der Waals surface area contributed by atoms with Gasteiger partial charge in [0.25, 0.3) is 0 Å². The number of benzene rings is 11. The Balaban J connectivity index is -0.0000000407. The maximum absolute atomic E-state index is 4.92. The van der Waals surface area contributed by atoms with Crippen LogP contribution in [-0.2, 0) is 1020 Å². The van der Waals surface area contributed by atoms with Crippen LogP contribution in [0.1, 0.15) is 166 Å². The van der Waals surface area contributed by atoms with Gasteiger partial charge in [-0.15, -0.1) is 6.92 Å². The van der Waals surface area contributed by atoms with E-state index in [0.29, 0.717) is 0 Å². The van der Waals surface area contributed by atoms with Crippen LogP contribution in [0.5, 0.6) is 0 Å². The van der Waals surface area contributed by atoms with Gasteiger partial charge in [0.05, 0.1) is 38.6 Å². The van der Waals surface area contributed by atoms with E-state index in [1.54, 1.807) is 6.92 Å². The summed E-state index contributed by atoms with van der Waals surface area (Å²) >= 11 is 0. The first-order valence-corrected chi connectivity index (χ1v) is 41.0. The molecule has 0 aliphatic carbocycles. The van der Waals surface area contributed by atoms with E-state index in [2.05, 4.69) is 289 Å². The fraction of sp³-hybridized carbons (Fsp3) is 0.255. The van der Waals surface area contributed by atoms with Crippen LogP contribution in [0.4, 0.5) is 5.69 Å². The van der Waals surface area contributed by atoms with Gasteiger partial charge in [-0.25, -0.2) is 36.7 Å². The molecule has 1 N–H and O–H groups in total. The van der Waals surface area contributed by atoms with Gasteiger partial charge in [-0.1, -0.05) is 301 Å². The molecule has 0 saturated carbocycles. The Morgan fingerprint density at radius 3 is 0.972 bits per heavy atom. The average molecular weight is 4270 g/mol. The summed E-state index contributed by atoms with van der Waals surface area (Å²) in [7, 11) is 2.12. The maximum Gasteiger partial charge on any atom is 0.147 e. The number of aromatic amines is 1. The number of hydrogen-bond acceptors (Lipinski definition) is 8. The van der Waals surface area contributed by atoms with Crippen LogP contribution in [0.25, 0.3) is 120 Å². The van der Waals surface area contributed by atoms with Gasteiger partial charge in [0.15, 0.2) is 0 Å². The van der Waals surface area contributed by atoms with E-state index in [9.17, 15) is 0 Å². The van der Waals surface area contributed by atoms with Gasteiger partial charge in [0, 0.05) is 1090 Å². The summed E-state index contributed by atoms with van der Waals surface area (Å²) in [4.78, 5) is 30.1. The van der Waals surface area contributed by atoms with Crippen molar-refractivity contribution in [3.05, 3.63) is 314 Å². The number of rotatable bonds is 1. The Morgan fingerprint density at radius 2 is 0.600 bits per heavy atom. The van der Waals surface area contributed by atoms with Gasteiger partial charge in [0.2, 0.25) is 0 Å². The van der Waals surface area contributed by atoms with Gasteiger partial charge in [-0.2, -0.15) is 29.5 Å². The molecular weight excluding hydrogens is 4150 g/mol. The van der Waals surface area contributed by atoms with Crippen LogP contribution in [0.3, 0.4) is 0 Å². The molecule has 8 aromatic heterocycles. The zero-order valence-corrected chi connectivity index (χ0v) is 179. The predicted octanol–water partition coefficient (Wildman–Crippen LogP) is 29.7. The SMILES string of the molecule is CC.CC.CC.CC.CC.CC.CC.CC.CC.C[C-]=Nc1[c-]cccc1.Cc1ccc2c(c1)nc1c3ccccc3c3ccccc3n21.Cc1ccc2nc3c4ccccc4c4ccccc4n3c2c1.Cc1cncc2ccccc12.Cc1n[nH]c(C)n1.Cc1ncc2ccccc2n1.Cn1c2ccccc2c2ccccc21.[Y].[Y].[Y].[Y].[Y].[Y].[Y].[Y].[Y].[Y].[Y].[Y].[Y].[Y].[Y].[Y].[Y].[Y].[Y].[Y].[Y].[Y].[Y].[Y].[Y].[Y].[Y].[Y].[Y].[Y].[Y]. The number of H-pyrrole nitrogens is 1. The van der Waals surface area contributed by atoms with Crippen molar-refractivity contribution in [3.8, 4) is 0 Å². The zero-order chi connectivity index (χ0) is 84.1. The van der Waals surface area contributed by atoms with Gasteiger partial charge in [-0.05, 0) is 129 Å². The van der Waals surface area contributed by atoms with Gasteiger partial charge < -0.3 is 9.56 Å². The number of pyridine rings is 3. The first kappa shape index (κ1) is 238. The summed E-state index contributed by atoms with van der Waals surface area (Å²) in [5.74, 6) is 2.50. The van der Waals surface area contributed by atoms with E-state index < -0.39 is 0 Å². The quantitative estimate of drug-likeness (QED) is 0.0983. The Hall–Kier alpha value is 21.9. The average Bonchev–Trinajstić information content (AvgIpc) is 1.59. The molecule has 11 aromatic carbocycles. The topological polar surface area (TPSA) is 132 Å². The molecule has 0 fully saturated rings. The number of imidazole rings is 2. The van der Waals surface area contributed by atoms with E-state index in [1.165, 1.54) is 104 Å². The van der Waals surface area contributed by atoms with Crippen molar-refractivity contribution in [2.75, 3.05) is 0 Å². The normalized spacial score (nSPS) is 7.71. The largest absolute Gasteiger partial charge is 0.482 e. The molecule has 19 rings (SSSR count). The minimum atomic E-state index is 0. The standard InChI is InChI=1S/2C20H14N2.C13H11N.C10H9N.C9H8N2.C8H7N.C4H7N3.9C2H6.31Y/c1-13-10-11-19-17(12-13)21-20-16-8-3-2-6-14(16)15-7-4-5-9-18(15)22(19)20;1-13-10-11-17-19(12-13)22-18-9-5-4-7-15(18)14-6-2-3-8-16(14)20(22)21-17;1-14-12-8-4-2-6-10(12)11-7-3-5-9-13(11)14;1-8-6-11-7-9-4-2-3-5-10(8)9;1-7-10-6-8-4-2-3-5-9(8)11-7;1-2-9-8-6-4-3-5-7-8;1-3-5-4(2)7-6-3;9*1-2;;;;;;;;;;;;;;;;;;;;;;;;;;;;;;;/h2*2-12H,1H3;2-9H,1H3;2-7H,1H3;2-6H,1H3;3-6H,1H3;1-2H3,(H,5,6,7);9*1-2H3;;;;;;;;;;;;;;;;;;;;;;;;;;;;;;;/q;;;;;-2;;;;;;;;;;;;;;;;;;;;;;;;;;;;;;;;;;;;;;;;;. The number of nitrogens with one attached hydrogen (secondary N) is 1. The summed E-state index contributed by atoms with van der Waals surface area (Å²) < 4.78 is 6.82. The predicted molar refractivity (Wildman–Crippen MR) is 502 cm³/mol. The number of aliphatic imine (C=N–C) groups is 1. The molecule has 0 aliphatic rings. The zero-order valence-electron chi connectivity index (χ0n) is 90.8. The smallest absolute Gasteiger partial charge is 0.147 e. The van der Waals surface area contributed by atoms with Crippen molar-refractivity contribution in [1.82, 2.24) is 53.5 Å². The van der Waals surface area contributed by atoms with Crippen LogP contribution in [0.15, 0.2) is 278 Å². The Bertz CT molecular complexity index is 5970. The molecule has 31 radical (unpaired) electrons. The van der Waals surface area contributed by atoms with E-state index in [4.69, 9.17) is 9.97 Å².